The van der Waals surface area contributed by atoms with Crippen LogP contribution in [0.15, 0.2) is 12.1 Å². The Morgan fingerprint density at radius 2 is 2.13 bits per heavy atom. The molecule has 0 saturated carbocycles. The van der Waals surface area contributed by atoms with Gasteiger partial charge in [0.15, 0.2) is 0 Å². The maximum absolute atomic E-state index is 11.0. The van der Waals surface area contributed by atoms with Crippen molar-refractivity contribution in [1.29, 1.82) is 0 Å². The molecular formula is C8H5Cl2NO4. The Bertz CT molecular complexity index is 433. The molecule has 7 heteroatoms. The predicted molar refractivity (Wildman–Crippen MR) is 54.8 cm³/mol. The van der Waals surface area contributed by atoms with Crippen molar-refractivity contribution in [1.82, 2.24) is 0 Å². The van der Waals surface area contributed by atoms with Crippen molar-refractivity contribution >= 4 is 34.1 Å². The molecule has 0 aliphatic rings. The Morgan fingerprint density at radius 1 is 1.53 bits per heavy atom. The fourth-order valence-corrected chi connectivity index (χ4v) is 1.61. The molecule has 0 heterocycles. The van der Waals surface area contributed by atoms with E-state index in [0.29, 0.717) is 0 Å². The average molecular weight is 250 g/mol. The fraction of sp³-hybridized carbons (Fsp3) is 0.125. The first-order valence-corrected chi connectivity index (χ1v) is 4.45. The number of nitro benzene ring substituents is 1. The van der Waals surface area contributed by atoms with Crippen molar-refractivity contribution < 1.29 is 14.5 Å². The molecule has 80 valence electrons. The molecule has 1 aromatic rings. The normalized spacial score (nSPS) is 9.80. The van der Waals surface area contributed by atoms with Crippen LogP contribution in [-0.4, -0.2) is 17.3 Å². The maximum Gasteiger partial charge on any atom is 0.283 e. The first-order valence-electron chi connectivity index (χ1n) is 3.69. The number of ether oxygens (including phenoxy) is 1. The third kappa shape index (κ3) is 2.19. The van der Waals surface area contributed by atoms with Crippen LogP contribution in [0.4, 0.5) is 5.69 Å². The molecule has 0 aliphatic heterocycles. The highest BCUT2D eigenvalue weighted by Crippen LogP contribution is 2.35. The summed E-state index contributed by atoms with van der Waals surface area (Å²) in [5.74, 6) is 0.159. The number of carbonyl (C=O) groups excluding carboxylic acids is 1. The van der Waals surface area contributed by atoms with E-state index in [9.17, 15) is 14.9 Å². The van der Waals surface area contributed by atoms with Gasteiger partial charge in [0.25, 0.3) is 10.9 Å². The number of halogens is 2. The van der Waals surface area contributed by atoms with E-state index in [1.165, 1.54) is 13.2 Å². The van der Waals surface area contributed by atoms with E-state index in [1.807, 2.05) is 0 Å². The van der Waals surface area contributed by atoms with Gasteiger partial charge in [0.1, 0.15) is 16.3 Å². The number of hydrogen-bond donors (Lipinski definition) is 0. The summed E-state index contributed by atoms with van der Waals surface area (Å²) < 4.78 is 4.81. The van der Waals surface area contributed by atoms with Crippen LogP contribution < -0.4 is 4.74 Å². The highest BCUT2D eigenvalue weighted by atomic mass is 35.5. The molecule has 0 amide bonds. The van der Waals surface area contributed by atoms with Crippen LogP contribution in [0.1, 0.15) is 10.4 Å². The van der Waals surface area contributed by atoms with Crippen LogP contribution in [0.2, 0.25) is 5.02 Å². The Morgan fingerprint density at radius 3 is 2.53 bits per heavy atom. The van der Waals surface area contributed by atoms with Crippen molar-refractivity contribution in [3.05, 3.63) is 32.8 Å². The van der Waals surface area contributed by atoms with E-state index in [4.69, 9.17) is 27.9 Å². The van der Waals surface area contributed by atoms with Crippen LogP contribution in [0.3, 0.4) is 0 Å². The largest absolute Gasteiger partial charge is 0.495 e. The lowest BCUT2D eigenvalue weighted by Crippen LogP contribution is -2.00. The third-order valence-electron chi connectivity index (χ3n) is 1.70. The highest BCUT2D eigenvalue weighted by Gasteiger charge is 2.24. The van der Waals surface area contributed by atoms with Crippen LogP contribution >= 0.6 is 23.2 Å². The van der Waals surface area contributed by atoms with Crippen LogP contribution in [0, 0.1) is 10.1 Å². The number of carbonyl (C=O) groups is 1. The van der Waals surface area contributed by atoms with Crippen molar-refractivity contribution in [3.8, 4) is 5.75 Å². The van der Waals surface area contributed by atoms with Gasteiger partial charge in [-0.3, -0.25) is 14.9 Å². The van der Waals surface area contributed by atoms with E-state index in [0.717, 1.165) is 6.07 Å². The Kier molecular flexibility index (Phi) is 3.49. The molecule has 1 aromatic carbocycles. The van der Waals surface area contributed by atoms with Gasteiger partial charge in [-0.05, 0) is 17.7 Å². The summed E-state index contributed by atoms with van der Waals surface area (Å²) in [5, 5.41) is 9.42. The zero-order valence-corrected chi connectivity index (χ0v) is 9.00. The van der Waals surface area contributed by atoms with Gasteiger partial charge in [-0.2, -0.15) is 0 Å². The Hall–Kier alpha value is -1.33. The average Bonchev–Trinajstić information content (AvgIpc) is 2.16. The van der Waals surface area contributed by atoms with E-state index in [1.54, 1.807) is 0 Å². The first kappa shape index (κ1) is 11.7. The molecule has 0 spiro atoms. The minimum absolute atomic E-state index is 0.159. The summed E-state index contributed by atoms with van der Waals surface area (Å²) in [6.07, 6.45) is 0. The zero-order valence-electron chi connectivity index (χ0n) is 7.49. The predicted octanol–water partition coefficient (Wildman–Crippen LogP) is 2.64. The van der Waals surface area contributed by atoms with E-state index < -0.39 is 15.9 Å². The molecule has 0 atom stereocenters. The van der Waals surface area contributed by atoms with Gasteiger partial charge in [-0.1, -0.05) is 11.6 Å². The lowest BCUT2D eigenvalue weighted by molar-refractivity contribution is -0.385. The van der Waals surface area contributed by atoms with Crippen molar-refractivity contribution in [3.63, 3.8) is 0 Å². The fourth-order valence-electron chi connectivity index (χ4n) is 1.04. The molecule has 0 aromatic heterocycles. The molecule has 5 nitrogen and oxygen atoms in total. The molecule has 0 saturated heterocycles. The summed E-state index contributed by atoms with van der Waals surface area (Å²) in [7, 11) is 1.33. The molecular weight excluding hydrogens is 245 g/mol. The second kappa shape index (κ2) is 4.46. The minimum atomic E-state index is -0.995. The van der Waals surface area contributed by atoms with Crippen molar-refractivity contribution in [2.75, 3.05) is 7.11 Å². The van der Waals surface area contributed by atoms with E-state index >= 15 is 0 Å². The Balaban J connectivity index is 3.51. The molecule has 1 rings (SSSR count). The van der Waals surface area contributed by atoms with Gasteiger partial charge >= 0.3 is 0 Å². The second-order valence-corrected chi connectivity index (χ2v) is 3.23. The summed E-state index contributed by atoms with van der Waals surface area (Å²) in [6.45, 7) is 0. The number of benzene rings is 1. The topological polar surface area (TPSA) is 69.4 Å². The Labute approximate surface area is 94.7 Å². The molecule has 0 aliphatic carbocycles. The lowest BCUT2D eigenvalue weighted by Gasteiger charge is -2.05. The zero-order chi connectivity index (χ0) is 11.6. The maximum atomic E-state index is 11.0. The van der Waals surface area contributed by atoms with Crippen molar-refractivity contribution in [2.24, 2.45) is 0 Å². The molecule has 15 heavy (non-hydrogen) atoms. The number of hydrogen-bond acceptors (Lipinski definition) is 4. The smallest absolute Gasteiger partial charge is 0.283 e. The first-order chi connectivity index (χ1) is 6.99. The summed E-state index contributed by atoms with van der Waals surface area (Å²) >= 11 is 10.9. The number of nitrogens with zero attached hydrogens (tertiary/aromatic N) is 1. The van der Waals surface area contributed by atoms with Crippen LogP contribution in [0.5, 0.6) is 5.75 Å². The highest BCUT2D eigenvalue weighted by molar-refractivity contribution is 6.69. The van der Waals surface area contributed by atoms with Gasteiger partial charge in [0.2, 0.25) is 0 Å². The quantitative estimate of drug-likeness (QED) is 0.469. The van der Waals surface area contributed by atoms with Gasteiger partial charge < -0.3 is 4.74 Å². The molecule has 0 radical (unpaired) electrons. The standard InChI is InChI=1S/C8H5Cl2NO4/c1-15-5-3-2-4(11(13)14)6(7(5)9)8(10)12/h2-3H,1H3. The van der Waals surface area contributed by atoms with Gasteiger partial charge in [-0.15, -0.1) is 0 Å². The summed E-state index contributed by atoms with van der Waals surface area (Å²) in [6, 6.07) is 2.41. The van der Waals surface area contributed by atoms with E-state index in [-0.39, 0.29) is 16.3 Å². The van der Waals surface area contributed by atoms with Gasteiger partial charge in [0.05, 0.1) is 12.0 Å². The summed E-state index contributed by atoms with van der Waals surface area (Å²) in [4.78, 5) is 20.8. The van der Waals surface area contributed by atoms with Crippen LogP contribution in [0.25, 0.3) is 0 Å². The number of methoxy groups -OCH3 is 1. The number of nitro groups is 1. The van der Waals surface area contributed by atoms with Gasteiger partial charge in [0, 0.05) is 6.07 Å². The van der Waals surface area contributed by atoms with E-state index in [2.05, 4.69) is 0 Å². The molecule has 0 fully saturated rings. The lowest BCUT2D eigenvalue weighted by atomic mass is 10.2. The molecule has 0 bridgehead atoms. The van der Waals surface area contributed by atoms with Crippen molar-refractivity contribution in [2.45, 2.75) is 0 Å². The summed E-state index contributed by atoms with van der Waals surface area (Å²) in [5.41, 5.74) is -0.802. The molecule has 0 unspecified atom stereocenters. The molecule has 0 N–H and O–H groups in total. The van der Waals surface area contributed by atoms with Gasteiger partial charge in [-0.25, -0.2) is 0 Å². The second-order valence-electron chi connectivity index (χ2n) is 2.51. The van der Waals surface area contributed by atoms with Crippen LogP contribution in [-0.2, 0) is 0 Å². The SMILES string of the molecule is COc1ccc([N+](=O)[O-])c(C(=O)Cl)c1Cl. The number of rotatable bonds is 3. The minimum Gasteiger partial charge on any atom is -0.495 e. The monoisotopic (exact) mass is 249 g/mol. The third-order valence-corrected chi connectivity index (χ3v) is 2.26.